The topological polar surface area (TPSA) is 62.3 Å². The Balaban J connectivity index is 1.57. The van der Waals surface area contributed by atoms with Crippen LogP contribution in [0.4, 0.5) is 42.1 Å². The first-order valence-corrected chi connectivity index (χ1v) is 12.0. The van der Waals surface area contributed by atoms with E-state index in [1.165, 1.54) is 31.2 Å². The third-order valence-corrected chi connectivity index (χ3v) is 6.36. The number of alkyl halides is 7. The summed E-state index contributed by atoms with van der Waals surface area (Å²) in [6, 6.07) is 8.07. The van der Waals surface area contributed by atoms with Crippen LogP contribution in [0.2, 0.25) is 0 Å². The third-order valence-electron chi connectivity index (χ3n) is 6.36. The molecule has 0 radical (unpaired) electrons. The number of halogens is 7. The number of carbonyl (C=O) groups excluding carboxylic acids is 2. The Morgan fingerprint density at radius 1 is 1.05 bits per heavy atom. The lowest BCUT2D eigenvalue weighted by Gasteiger charge is -2.42. The van der Waals surface area contributed by atoms with Crippen molar-refractivity contribution in [1.82, 2.24) is 4.90 Å². The number of benzene rings is 2. The number of hydrogen-bond acceptors (Lipinski definition) is 6. The van der Waals surface area contributed by atoms with Crippen LogP contribution in [-0.2, 0) is 15.8 Å². The van der Waals surface area contributed by atoms with Crippen LogP contribution < -0.4 is 14.7 Å². The summed E-state index contributed by atoms with van der Waals surface area (Å²) in [5.41, 5.74) is -2.96. The van der Waals surface area contributed by atoms with Gasteiger partial charge in [0.15, 0.2) is 0 Å². The first-order chi connectivity index (χ1) is 18.3. The van der Waals surface area contributed by atoms with E-state index in [1.807, 2.05) is 4.90 Å². The molecule has 7 nitrogen and oxygen atoms in total. The molecule has 0 bridgehead atoms. The van der Waals surface area contributed by atoms with Crippen LogP contribution in [0.25, 0.3) is 0 Å². The second-order valence-electron chi connectivity index (χ2n) is 9.09. The van der Waals surface area contributed by atoms with Crippen LogP contribution in [0, 0.1) is 0 Å². The molecule has 0 N–H and O–H groups in total. The smallest absolute Gasteiger partial charge is 0.493 e. The highest BCUT2D eigenvalue weighted by molar-refractivity contribution is 6.13. The van der Waals surface area contributed by atoms with Gasteiger partial charge < -0.3 is 14.5 Å². The fourth-order valence-corrected chi connectivity index (χ4v) is 4.55. The Bertz CT molecular complexity index is 1200. The summed E-state index contributed by atoms with van der Waals surface area (Å²) in [6.07, 6.45) is -11.6. The van der Waals surface area contributed by atoms with Crippen molar-refractivity contribution in [3.63, 3.8) is 0 Å². The van der Waals surface area contributed by atoms with Crippen molar-refractivity contribution in [3.8, 4) is 5.75 Å². The molecule has 2 heterocycles. The number of nitrogens with zero attached hydrogens (tertiary/aromatic N) is 3. The zero-order chi connectivity index (χ0) is 28.5. The largest absolute Gasteiger partial charge is 0.494 e. The average Bonchev–Trinajstić information content (AvgIpc) is 3.28. The number of amides is 1. The van der Waals surface area contributed by atoms with Gasteiger partial charge in [-0.1, -0.05) is 6.07 Å². The molecule has 2 aromatic carbocycles. The Labute approximate surface area is 218 Å². The quantitative estimate of drug-likeness (QED) is 0.335. The lowest BCUT2D eigenvalue weighted by atomic mass is 9.99. The fourth-order valence-electron chi connectivity index (χ4n) is 4.55. The molecule has 1 saturated heterocycles. The molecule has 2 aromatic rings. The Morgan fingerprint density at radius 2 is 1.74 bits per heavy atom. The van der Waals surface area contributed by atoms with E-state index in [0.717, 1.165) is 17.0 Å². The van der Waals surface area contributed by atoms with E-state index >= 15 is 0 Å². The molecule has 0 saturated carbocycles. The number of ether oxygens (including phenoxy) is 1. The van der Waals surface area contributed by atoms with Gasteiger partial charge in [-0.25, -0.2) is 9.18 Å². The van der Waals surface area contributed by atoms with Gasteiger partial charge in [0.25, 0.3) is 5.91 Å². The molecule has 0 aromatic heterocycles. The predicted octanol–water partition coefficient (Wildman–Crippen LogP) is 5.35. The predicted molar refractivity (Wildman–Crippen MR) is 125 cm³/mol. The summed E-state index contributed by atoms with van der Waals surface area (Å²) in [6.45, 7) is 3.20. The number of anilines is 2. The van der Waals surface area contributed by atoms with Gasteiger partial charge in [0.2, 0.25) is 0 Å². The molecule has 4 rings (SSSR count). The van der Waals surface area contributed by atoms with Crippen molar-refractivity contribution >= 4 is 23.3 Å². The van der Waals surface area contributed by atoms with Crippen LogP contribution in [0.1, 0.15) is 35.7 Å². The number of likely N-dealkylation sites (tertiary alicyclic amines) is 1. The van der Waals surface area contributed by atoms with Crippen LogP contribution in [0.5, 0.6) is 5.75 Å². The summed E-state index contributed by atoms with van der Waals surface area (Å²) in [4.78, 5) is 32.2. The van der Waals surface area contributed by atoms with E-state index in [1.54, 1.807) is 0 Å². The summed E-state index contributed by atoms with van der Waals surface area (Å²) in [7, 11) is 0. The molecular formula is C25H24F7N3O4. The summed E-state index contributed by atoms with van der Waals surface area (Å²) < 4.78 is 99.0. The van der Waals surface area contributed by atoms with Gasteiger partial charge in [-0.05, 0) is 56.2 Å². The van der Waals surface area contributed by atoms with Gasteiger partial charge in [0.05, 0.1) is 23.4 Å². The van der Waals surface area contributed by atoms with Crippen LogP contribution >= 0.6 is 0 Å². The van der Waals surface area contributed by atoms with Gasteiger partial charge >= 0.3 is 18.3 Å². The highest BCUT2D eigenvalue weighted by Gasteiger charge is 2.48. The number of hydroxylamine groups is 1. The molecule has 2 aliphatic rings. The molecule has 0 aliphatic carbocycles. The lowest BCUT2D eigenvalue weighted by Crippen LogP contribution is -2.56. The molecular weight excluding hydrogens is 539 g/mol. The van der Waals surface area contributed by atoms with Gasteiger partial charge in [-0.3, -0.25) is 9.69 Å². The maximum atomic E-state index is 13.8. The zero-order valence-electron chi connectivity index (χ0n) is 20.6. The van der Waals surface area contributed by atoms with Crippen molar-refractivity contribution in [1.29, 1.82) is 0 Å². The van der Waals surface area contributed by atoms with Crippen molar-refractivity contribution in [3.05, 3.63) is 53.6 Å². The molecule has 39 heavy (non-hydrogen) atoms. The van der Waals surface area contributed by atoms with Crippen LogP contribution in [0.3, 0.4) is 0 Å². The maximum Gasteiger partial charge on any atom is 0.493 e. The number of hydrogen-bond donors (Lipinski definition) is 0. The highest BCUT2D eigenvalue weighted by Crippen LogP contribution is 2.42. The molecule has 212 valence electrons. The first kappa shape index (κ1) is 28.5. The minimum Gasteiger partial charge on any atom is -0.494 e. The van der Waals surface area contributed by atoms with Gasteiger partial charge in [0.1, 0.15) is 18.1 Å². The van der Waals surface area contributed by atoms with Gasteiger partial charge in [-0.2, -0.15) is 31.4 Å². The Hall–Kier alpha value is -3.55. The normalized spacial score (nSPS) is 20.3. The summed E-state index contributed by atoms with van der Waals surface area (Å²) >= 11 is 0. The summed E-state index contributed by atoms with van der Waals surface area (Å²) in [5.74, 6) is -3.43. The standard InChI is InChI=1S/C25H24F7N3O4/c1-15-34(17-6-8-18(9-7-17)38-13-3-11-33-12-10-16(26)14-33)22(36)21-19(24(27,28)29)4-2-5-20(21)35(15)39-23(37)25(30,31)32/h2,4-9,15-16H,3,10-14H2,1H3/t15?,16-/m1/s1. The number of rotatable bonds is 7. The van der Waals surface area contributed by atoms with E-state index < -0.39 is 53.4 Å². The molecule has 2 aliphatic heterocycles. The fraction of sp³-hybridized carbons (Fsp3) is 0.440. The molecule has 1 fully saturated rings. The first-order valence-electron chi connectivity index (χ1n) is 12.0. The van der Waals surface area contributed by atoms with E-state index in [0.29, 0.717) is 56.0 Å². The monoisotopic (exact) mass is 563 g/mol. The van der Waals surface area contributed by atoms with E-state index in [-0.39, 0.29) is 5.69 Å². The maximum absolute atomic E-state index is 13.8. The highest BCUT2D eigenvalue weighted by atomic mass is 19.4. The average molecular weight is 563 g/mol. The SMILES string of the molecule is CC1N(OC(=O)C(F)(F)F)c2cccc(C(F)(F)F)c2C(=O)N1c1ccc(OCCCN2CC[C@@H](F)C2)cc1. The van der Waals surface area contributed by atoms with Crippen LogP contribution in [-0.4, -0.2) is 61.5 Å². The summed E-state index contributed by atoms with van der Waals surface area (Å²) in [5, 5.41) is 0.340. The van der Waals surface area contributed by atoms with E-state index in [2.05, 4.69) is 4.84 Å². The van der Waals surface area contributed by atoms with Crippen molar-refractivity contribution < 1.29 is 49.9 Å². The molecule has 14 heteroatoms. The zero-order valence-corrected chi connectivity index (χ0v) is 20.6. The molecule has 2 atom stereocenters. The van der Waals surface area contributed by atoms with Gasteiger partial charge in [-0.15, -0.1) is 0 Å². The van der Waals surface area contributed by atoms with E-state index in [9.17, 15) is 40.3 Å². The second-order valence-corrected chi connectivity index (χ2v) is 9.09. The molecule has 1 amide bonds. The lowest BCUT2D eigenvalue weighted by molar-refractivity contribution is -0.202. The van der Waals surface area contributed by atoms with Gasteiger partial charge in [0, 0.05) is 25.3 Å². The van der Waals surface area contributed by atoms with Crippen molar-refractivity contribution in [2.75, 3.05) is 36.2 Å². The third kappa shape index (κ3) is 6.21. The number of carbonyl (C=O) groups is 2. The van der Waals surface area contributed by atoms with Crippen LogP contribution in [0.15, 0.2) is 42.5 Å². The van der Waals surface area contributed by atoms with E-state index in [4.69, 9.17) is 4.74 Å². The molecule has 1 unspecified atom stereocenters. The molecule has 0 spiro atoms. The number of fused-ring (bicyclic) bond motifs is 1. The minimum atomic E-state index is -5.44. The second kappa shape index (κ2) is 10.9. The van der Waals surface area contributed by atoms with Crippen molar-refractivity contribution in [2.24, 2.45) is 0 Å². The minimum absolute atomic E-state index is 0.0292. The Morgan fingerprint density at radius 3 is 2.33 bits per heavy atom. The Kier molecular flexibility index (Phi) is 7.96. The van der Waals surface area contributed by atoms with Crippen molar-refractivity contribution in [2.45, 2.75) is 44.5 Å².